The van der Waals surface area contributed by atoms with Crippen LogP contribution < -0.4 is 10.6 Å². The first kappa shape index (κ1) is 26.7. The van der Waals surface area contributed by atoms with E-state index in [2.05, 4.69) is 31.5 Å². The first-order chi connectivity index (χ1) is 16.8. The van der Waals surface area contributed by atoms with Gasteiger partial charge in [0.05, 0.1) is 22.2 Å². The fourth-order valence-electron chi connectivity index (χ4n) is 3.85. The number of aromatic nitrogens is 1. The number of carbonyl (C=O) groups excluding carboxylic acids is 2. The Morgan fingerprint density at radius 2 is 1.94 bits per heavy atom. The Hall–Kier alpha value is -2.91. The number of rotatable bonds is 5. The molecule has 2 aromatic carbocycles. The van der Waals surface area contributed by atoms with Crippen molar-refractivity contribution in [1.82, 2.24) is 15.6 Å². The number of benzene rings is 2. The molecule has 9 heteroatoms. The predicted octanol–water partition coefficient (Wildman–Crippen LogP) is 5.53. The lowest BCUT2D eigenvalue weighted by atomic mass is 10.1. The van der Waals surface area contributed by atoms with Gasteiger partial charge in [-0.3, -0.25) is 0 Å². The molecule has 1 saturated heterocycles. The Kier molecular flexibility index (Phi) is 9.68. The van der Waals surface area contributed by atoms with E-state index in [4.69, 9.17) is 9.47 Å². The molecule has 0 aliphatic carbocycles. The lowest BCUT2D eigenvalue weighted by molar-refractivity contribution is 0.0528. The number of aromatic amines is 1. The van der Waals surface area contributed by atoms with E-state index >= 15 is 0 Å². The lowest BCUT2D eigenvalue weighted by Crippen LogP contribution is -2.45. The number of nitrogens with one attached hydrogen (secondary N) is 3. The van der Waals surface area contributed by atoms with Gasteiger partial charge >= 0.3 is 12.1 Å². The standard InChI is InChI=1S/C13H13BrFNO2.C13H18N2O2/c1-4-18-13(17)8-5-9(15)11(14)10-6(2)7(3)16-12(8)10;16-13(15-12-7-4-8-14-9-12)17-10-11-5-2-1-3-6-11/h5,16H,4H2,1-3H3;1-3,5-6,12,14H,4,7-10H2,(H,15,16)/t;12-/m.0/s1. The lowest BCUT2D eigenvalue weighted by Gasteiger charge is -2.23. The molecule has 2 heterocycles. The monoisotopic (exact) mass is 547 g/mol. The van der Waals surface area contributed by atoms with E-state index in [9.17, 15) is 14.0 Å². The third kappa shape index (κ3) is 7.05. The zero-order chi connectivity index (χ0) is 25.4. The molecule has 0 saturated carbocycles. The molecule has 0 bridgehead atoms. The largest absolute Gasteiger partial charge is 0.462 e. The van der Waals surface area contributed by atoms with Gasteiger partial charge in [0.1, 0.15) is 12.4 Å². The maximum absolute atomic E-state index is 13.8. The number of hydrogen-bond donors (Lipinski definition) is 3. The van der Waals surface area contributed by atoms with E-state index in [-0.39, 0.29) is 24.3 Å². The van der Waals surface area contributed by atoms with Crippen molar-refractivity contribution in [2.45, 2.75) is 46.3 Å². The fourth-order valence-corrected chi connectivity index (χ4v) is 4.46. The number of H-pyrrole nitrogens is 1. The van der Waals surface area contributed by atoms with Crippen molar-refractivity contribution in [3.8, 4) is 0 Å². The van der Waals surface area contributed by atoms with Crippen molar-refractivity contribution in [3.05, 3.63) is 69.1 Å². The normalized spacial score (nSPS) is 15.2. The van der Waals surface area contributed by atoms with Crippen LogP contribution in [0.1, 0.15) is 46.9 Å². The van der Waals surface area contributed by atoms with Crippen molar-refractivity contribution >= 4 is 38.9 Å². The maximum Gasteiger partial charge on any atom is 0.407 e. The van der Waals surface area contributed by atoms with Gasteiger partial charge in [-0.1, -0.05) is 30.3 Å². The topological polar surface area (TPSA) is 92.5 Å². The minimum absolute atomic E-state index is 0.201. The molecule has 3 N–H and O–H groups in total. The average molecular weight is 548 g/mol. The van der Waals surface area contributed by atoms with Gasteiger partial charge in [-0.15, -0.1) is 0 Å². The number of amides is 1. The Labute approximate surface area is 212 Å². The molecule has 0 unspecified atom stereocenters. The molecule has 1 amide bonds. The van der Waals surface area contributed by atoms with Crippen LogP contribution in [0.5, 0.6) is 0 Å². The van der Waals surface area contributed by atoms with E-state index in [1.54, 1.807) is 6.92 Å². The van der Waals surface area contributed by atoms with Crippen LogP contribution in [0.25, 0.3) is 10.9 Å². The van der Waals surface area contributed by atoms with Gasteiger partial charge in [0, 0.05) is 23.7 Å². The zero-order valence-electron chi connectivity index (χ0n) is 20.2. The highest BCUT2D eigenvalue weighted by atomic mass is 79.9. The molecule has 1 atom stereocenters. The van der Waals surface area contributed by atoms with Crippen molar-refractivity contribution in [2.75, 3.05) is 19.7 Å². The molecule has 0 radical (unpaired) electrons. The van der Waals surface area contributed by atoms with E-state index in [0.29, 0.717) is 22.0 Å². The summed E-state index contributed by atoms with van der Waals surface area (Å²) in [5.41, 5.74) is 3.66. The summed E-state index contributed by atoms with van der Waals surface area (Å²) in [6, 6.07) is 11.1. The Balaban J connectivity index is 0.000000196. The molecule has 4 rings (SSSR count). The van der Waals surface area contributed by atoms with Gasteiger partial charge in [0.2, 0.25) is 0 Å². The number of fused-ring (bicyclic) bond motifs is 1. The van der Waals surface area contributed by atoms with E-state index in [1.165, 1.54) is 6.07 Å². The van der Waals surface area contributed by atoms with Crippen LogP contribution in [0.15, 0.2) is 40.9 Å². The predicted molar refractivity (Wildman–Crippen MR) is 137 cm³/mol. The van der Waals surface area contributed by atoms with Crippen molar-refractivity contribution in [1.29, 1.82) is 0 Å². The number of esters is 1. The maximum atomic E-state index is 13.8. The second-order valence-corrected chi connectivity index (χ2v) is 9.11. The number of alkyl carbamates (subject to hydrolysis) is 1. The summed E-state index contributed by atoms with van der Waals surface area (Å²) in [4.78, 5) is 26.4. The third-order valence-electron chi connectivity index (χ3n) is 5.80. The summed E-state index contributed by atoms with van der Waals surface area (Å²) >= 11 is 3.22. The molecular weight excluding hydrogens is 517 g/mol. The smallest absolute Gasteiger partial charge is 0.407 e. The summed E-state index contributed by atoms with van der Waals surface area (Å²) in [5.74, 6) is -0.984. The molecule has 188 valence electrons. The summed E-state index contributed by atoms with van der Waals surface area (Å²) in [6.07, 6.45) is 1.79. The zero-order valence-corrected chi connectivity index (χ0v) is 21.8. The molecule has 1 aliphatic rings. The Morgan fingerprint density at radius 1 is 1.20 bits per heavy atom. The highest BCUT2D eigenvalue weighted by molar-refractivity contribution is 9.10. The van der Waals surface area contributed by atoms with Crippen LogP contribution in [-0.4, -0.2) is 42.8 Å². The molecule has 3 aromatic rings. The SMILES string of the molecule is CCOC(=O)c1cc(F)c(Br)c2c(C)c(C)[nH]c12.O=C(N[C@H]1CCCNC1)OCc1ccccc1. The number of carbonyl (C=O) groups is 2. The van der Waals surface area contributed by atoms with Crippen LogP contribution in [0.4, 0.5) is 9.18 Å². The molecule has 1 aromatic heterocycles. The number of ether oxygens (including phenoxy) is 2. The summed E-state index contributed by atoms with van der Waals surface area (Å²) in [5, 5.41) is 6.80. The van der Waals surface area contributed by atoms with Crippen molar-refractivity contribution < 1.29 is 23.5 Å². The molecule has 7 nitrogen and oxygen atoms in total. The van der Waals surface area contributed by atoms with Crippen LogP contribution in [0.3, 0.4) is 0 Å². The summed E-state index contributed by atoms with van der Waals surface area (Å²) in [7, 11) is 0. The molecule has 0 spiro atoms. The van der Waals surface area contributed by atoms with Gasteiger partial charge in [0.15, 0.2) is 0 Å². The van der Waals surface area contributed by atoms with E-state index in [1.807, 2.05) is 44.2 Å². The molecule has 1 fully saturated rings. The second-order valence-electron chi connectivity index (χ2n) is 8.31. The van der Waals surface area contributed by atoms with Crippen LogP contribution >= 0.6 is 15.9 Å². The Bertz CT molecular complexity index is 1160. The van der Waals surface area contributed by atoms with E-state index < -0.39 is 11.8 Å². The number of aryl methyl sites for hydroxylation is 2. The number of hydrogen-bond acceptors (Lipinski definition) is 5. The molecule has 35 heavy (non-hydrogen) atoms. The van der Waals surface area contributed by atoms with Gasteiger partial charge in [-0.05, 0) is 73.3 Å². The number of halogens is 2. The summed E-state index contributed by atoms with van der Waals surface area (Å²) < 4.78 is 24.3. The fraction of sp³-hybridized carbons (Fsp3) is 0.385. The third-order valence-corrected chi connectivity index (χ3v) is 6.57. The van der Waals surface area contributed by atoms with Gasteiger partial charge in [-0.25, -0.2) is 14.0 Å². The minimum atomic E-state index is -0.518. The van der Waals surface area contributed by atoms with E-state index in [0.717, 1.165) is 42.8 Å². The van der Waals surface area contributed by atoms with Crippen LogP contribution in [0, 0.1) is 19.7 Å². The van der Waals surface area contributed by atoms with Gasteiger partial charge in [0.25, 0.3) is 0 Å². The highest BCUT2D eigenvalue weighted by Gasteiger charge is 2.20. The average Bonchev–Trinajstić information content (AvgIpc) is 3.16. The highest BCUT2D eigenvalue weighted by Crippen LogP contribution is 2.33. The molecular formula is C26H31BrFN3O4. The quantitative estimate of drug-likeness (QED) is 0.365. The molecule has 1 aliphatic heterocycles. The minimum Gasteiger partial charge on any atom is -0.462 e. The van der Waals surface area contributed by atoms with Crippen LogP contribution in [-0.2, 0) is 16.1 Å². The van der Waals surface area contributed by atoms with Crippen LogP contribution in [0.2, 0.25) is 0 Å². The first-order valence-electron chi connectivity index (χ1n) is 11.6. The second kappa shape index (κ2) is 12.7. The Morgan fingerprint density at radius 3 is 2.60 bits per heavy atom. The van der Waals surface area contributed by atoms with Crippen molar-refractivity contribution in [2.24, 2.45) is 0 Å². The van der Waals surface area contributed by atoms with Crippen molar-refractivity contribution in [3.63, 3.8) is 0 Å². The van der Waals surface area contributed by atoms with Gasteiger partial charge < -0.3 is 25.1 Å². The number of piperidine rings is 1. The summed E-state index contributed by atoms with van der Waals surface area (Å²) in [6.45, 7) is 7.94. The first-order valence-corrected chi connectivity index (χ1v) is 12.4. The van der Waals surface area contributed by atoms with Gasteiger partial charge in [-0.2, -0.15) is 0 Å².